The van der Waals surface area contributed by atoms with E-state index < -0.39 is 0 Å². The van der Waals surface area contributed by atoms with Crippen LogP contribution in [-0.4, -0.2) is 24.3 Å². The minimum atomic E-state index is -0.141. The van der Waals surface area contributed by atoms with Crippen LogP contribution in [0.2, 0.25) is 0 Å². The van der Waals surface area contributed by atoms with Gasteiger partial charge in [-0.1, -0.05) is 12.1 Å². The Morgan fingerprint density at radius 1 is 1.32 bits per heavy atom. The van der Waals surface area contributed by atoms with Crippen molar-refractivity contribution in [3.05, 3.63) is 35.1 Å². The van der Waals surface area contributed by atoms with Crippen LogP contribution >= 0.6 is 0 Å². The quantitative estimate of drug-likeness (QED) is 0.830. The van der Waals surface area contributed by atoms with Gasteiger partial charge in [-0.05, 0) is 49.9 Å². The molecule has 1 aliphatic rings. The van der Waals surface area contributed by atoms with Crippen LogP contribution in [0.4, 0.5) is 4.39 Å². The number of ketones is 1. The molecule has 0 saturated heterocycles. The number of benzene rings is 1. The monoisotopic (exact) mass is 263 g/mol. The SMILES string of the molecule is Cc1cc(CN(C)CC2CCC(=O)CC2)ccc1F. The molecule has 2 nitrogen and oxygen atoms in total. The number of rotatable bonds is 4. The molecule has 0 aliphatic heterocycles. The summed E-state index contributed by atoms with van der Waals surface area (Å²) in [5.41, 5.74) is 1.85. The molecule has 1 aromatic carbocycles. The molecule has 2 rings (SSSR count). The van der Waals surface area contributed by atoms with Crippen molar-refractivity contribution in [3.8, 4) is 0 Å². The van der Waals surface area contributed by atoms with Crippen LogP contribution in [0, 0.1) is 18.7 Å². The molecule has 0 radical (unpaired) electrons. The fraction of sp³-hybridized carbons (Fsp3) is 0.562. The number of nitrogens with zero attached hydrogens (tertiary/aromatic N) is 1. The average molecular weight is 263 g/mol. The number of carbonyl (C=O) groups is 1. The van der Waals surface area contributed by atoms with Gasteiger partial charge in [-0.25, -0.2) is 4.39 Å². The third-order valence-electron chi connectivity index (χ3n) is 3.91. The van der Waals surface area contributed by atoms with Gasteiger partial charge in [0.2, 0.25) is 0 Å². The summed E-state index contributed by atoms with van der Waals surface area (Å²) < 4.78 is 13.2. The Kier molecular flexibility index (Phi) is 4.70. The third-order valence-corrected chi connectivity index (χ3v) is 3.91. The second kappa shape index (κ2) is 6.29. The fourth-order valence-corrected chi connectivity index (χ4v) is 2.80. The maximum atomic E-state index is 13.2. The summed E-state index contributed by atoms with van der Waals surface area (Å²) in [4.78, 5) is 13.5. The van der Waals surface area contributed by atoms with E-state index in [0.29, 0.717) is 17.3 Å². The third kappa shape index (κ3) is 4.13. The number of carbonyl (C=O) groups excluding carboxylic acids is 1. The lowest BCUT2D eigenvalue weighted by molar-refractivity contribution is -0.121. The van der Waals surface area contributed by atoms with Gasteiger partial charge in [0.05, 0.1) is 0 Å². The van der Waals surface area contributed by atoms with Gasteiger partial charge >= 0.3 is 0 Å². The number of aryl methyl sites for hydroxylation is 1. The normalized spacial score (nSPS) is 17.2. The summed E-state index contributed by atoms with van der Waals surface area (Å²) in [7, 11) is 2.09. The van der Waals surface area contributed by atoms with Gasteiger partial charge in [-0.15, -0.1) is 0 Å². The van der Waals surface area contributed by atoms with Gasteiger partial charge in [0, 0.05) is 25.9 Å². The molecule has 19 heavy (non-hydrogen) atoms. The van der Waals surface area contributed by atoms with Crippen molar-refractivity contribution in [2.75, 3.05) is 13.6 Å². The largest absolute Gasteiger partial charge is 0.302 e. The summed E-state index contributed by atoms with van der Waals surface area (Å²) in [6.45, 7) is 3.65. The Labute approximate surface area is 114 Å². The molecule has 1 fully saturated rings. The smallest absolute Gasteiger partial charge is 0.132 e. The number of Topliss-reactive ketones (excluding diaryl/α,β-unsaturated/α-hetero) is 1. The Bertz CT molecular complexity index is 448. The summed E-state index contributed by atoms with van der Waals surface area (Å²) in [5, 5.41) is 0. The first kappa shape index (κ1) is 14.2. The van der Waals surface area contributed by atoms with E-state index in [4.69, 9.17) is 0 Å². The molecule has 0 unspecified atom stereocenters. The maximum Gasteiger partial charge on any atom is 0.132 e. The van der Waals surface area contributed by atoms with Gasteiger partial charge in [0.15, 0.2) is 0 Å². The molecule has 0 aromatic heterocycles. The Balaban J connectivity index is 1.85. The molecule has 0 amide bonds. The zero-order valence-electron chi connectivity index (χ0n) is 11.8. The molecule has 104 valence electrons. The van der Waals surface area contributed by atoms with Crippen molar-refractivity contribution in [1.82, 2.24) is 4.90 Å². The van der Waals surface area contributed by atoms with E-state index in [2.05, 4.69) is 11.9 Å². The topological polar surface area (TPSA) is 20.3 Å². The van der Waals surface area contributed by atoms with E-state index in [1.807, 2.05) is 12.1 Å². The molecule has 0 atom stereocenters. The summed E-state index contributed by atoms with van der Waals surface area (Å²) >= 11 is 0. The first-order valence-electron chi connectivity index (χ1n) is 7.00. The number of hydrogen-bond donors (Lipinski definition) is 0. The molecule has 0 N–H and O–H groups in total. The molecular weight excluding hydrogens is 241 g/mol. The van der Waals surface area contributed by atoms with Crippen LogP contribution in [0.1, 0.15) is 36.8 Å². The lowest BCUT2D eigenvalue weighted by atomic mass is 9.88. The minimum absolute atomic E-state index is 0.141. The van der Waals surface area contributed by atoms with E-state index in [1.54, 1.807) is 6.92 Å². The van der Waals surface area contributed by atoms with Crippen molar-refractivity contribution in [2.45, 2.75) is 39.2 Å². The van der Waals surface area contributed by atoms with Gasteiger partial charge in [-0.2, -0.15) is 0 Å². The zero-order valence-corrected chi connectivity index (χ0v) is 11.8. The van der Waals surface area contributed by atoms with Crippen molar-refractivity contribution in [3.63, 3.8) is 0 Å². The van der Waals surface area contributed by atoms with Crippen molar-refractivity contribution < 1.29 is 9.18 Å². The Morgan fingerprint density at radius 3 is 2.63 bits per heavy atom. The molecule has 1 saturated carbocycles. The van der Waals surface area contributed by atoms with Crippen LogP contribution in [0.25, 0.3) is 0 Å². The standard InChI is InChI=1S/C16H22FNO/c1-12-9-14(5-8-16(12)17)11-18(2)10-13-3-6-15(19)7-4-13/h5,8-9,13H,3-4,6-7,10-11H2,1-2H3. The summed E-state index contributed by atoms with van der Waals surface area (Å²) in [6, 6.07) is 5.30. The Morgan fingerprint density at radius 2 is 2.00 bits per heavy atom. The number of hydrogen-bond acceptors (Lipinski definition) is 2. The summed E-state index contributed by atoms with van der Waals surface area (Å²) in [6.07, 6.45) is 3.53. The van der Waals surface area contributed by atoms with E-state index in [9.17, 15) is 9.18 Å². The highest BCUT2D eigenvalue weighted by Gasteiger charge is 2.19. The van der Waals surface area contributed by atoms with Crippen LogP contribution in [0.15, 0.2) is 18.2 Å². The molecule has 1 aromatic rings. The van der Waals surface area contributed by atoms with E-state index in [0.717, 1.165) is 44.3 Å². The van der Waals surface area contributed by atoms with Crippen LogP contribution < -0.4 is 0 Å². The van der Waals surface area contributed by atoms with Gasteiger partial charge in [0.25, 0.3) is 0 Å². The second-order valence-electron chi connectivity index (χ2n) is 5.76. The maximum absolute atomic E-state index is 13.2. The molecular formula is C16H22FNO. The van der Waals surface area contributed by atoms with Crippen LogP contribution in [0.3, 0.4) is 0 Å². The van der Waals surface area contributed by atoms with E-state index in [1.165, 1.54) is 6.07 Å². The van der Waals surface area contributed by atoms with Crippen molar-refractivity contribution in [1.29, 1.82) is 0 Å². The predicted molar refractivity (Wildman–Crippen MR) is 74.4 cm³/mol. The van der Waals surface area contributed by atoms with Crippen LogP contribution in [0.5, 0.6) is 0 Å². The van der Waals surface area contributed by atoms with Gasteiger partial charge in [0.1, 0.15) is 11.6 Å². The van der Waals surface area contributed by atoms with Gasteiger partial charge < -0.3 is 4.90 Å². The lowest BCUT2D eigenvalue weighted by Crippen LogP contribution is -2.28. The molecule has 0 heterocycles. The van der Waals surface area contributed by atoms with Crippen LogP contribution in [-0.2, 0) is 11.3 Å². The number of halogens is 1. The zero-order chi connectivity index (χ0) is 13.8. The van der Waals surface area contributed by atoms with Crippen molar-refractivity contribution >= 4 is 5.78 Å². The second-order valence-corrected chi connectivity index (χ2v) is 5.76. The van der Waals surface area contributed by atoms with E-state index >= 15 is 0 Å². The lowest BCUT2D eigenvalue weighted by Gasteiger charge is -2.26. The molecule has 3 heteroatoms. The minimum Gasteiger partial charge on any atom is -0.302 e. The Hall–Kier alpha value is -1.22. The predicted octanol–water partition coefficient (Wildman–Crippen LogP) is 3.33. The van der Waals surface area contributed by atoms with Crippen molar-refractivity contribution in [2.24, 2.45) is 5.92 Å². The fourth-order valence-electron chi connectivity index (χ4n) is 2.80. The highest BCUT2D eigenvalue weighted by Crippen LogP contribution is 2.22. The first-order valence-corrected chi connectivity index (χ1v) is 7.00. The molecule has 0 spiro atoms. The highest BCUT2D eigenvalue weighted by molar-refractivity contribution is 5.79. The molecule has 1 aliphatic carbocycles. The average Bonchev–Trinajstić information content (AvgIpc) is 2.37. The first-order chi connectivity index (χ1) is 9.04. The molecule has 0 bridgehead atoms. The highest BCUT2D eigenvalue weighted by atomic mass is 19.1. The van der Waals surface area contributed by atoms with Gasteiger partial charge in [-0.3, -0.25) is 4.79 Å². The van der Waals surface area contributed by atoms with E-state index in [-0.39, 0.29) is 5.82 Å². The summed E-state index contributed by atoms with van der Waals surface area (Å²) in [5.74, 6) is 0.898.